The maximum Gasteiger partial charge on any atom is 0.127 e. The summed E-state index contributed by atoms with van der Waals surface area (Å²) in [5, 5.41) is 46.0. The maximum atomic E-state index is 10.9. The van der Waals surface area contributed by atoms with Gasteiger partial charge in [-0.25, -0.2) is 0 Å². The molecule has 0 aromatic heterocycles. The van der Waals surface area contributed by atoms with Gasteiger partial charge < -0.3 is 20.4 Å². The van der Waals surface area contributed by atoms with E-state index in [4.69, 9.17) is 0 Å². The van der Waals surface area contributed by atoms with Crippen molar-refractivity contribution in [2.75, 3.05) is 0 Å². The van der Waals surface area contributed by atoms with Crippen LogP contribution in [-0.4, -0.2) is 26.6 Å². The number of fused-ring (bicyclic) bond motifs is 2. The number of aryl methyl sites for hydroxylation is 2. The van der Waals surface area contributed by atoms with Crippen LogP contribution >= 0.6 is 0 Å². The summed E-state index contributed by atoms with van der Waals surface area (Å²) < 4.78 is 0. The molecule has 7 aromatic carbocycles. The first-order valence-electron chi connectivity index (χ1n) is 15.8. The molecule has 0 fully saturated rings. The lowest BCUT2D eigenvalue weighted by molar-refractivity contribution is 0.148. The van der Waals surface area contributed by atoms with E-state index in [0.717, 1.165) is 43.8 Å². The second kappa shape index (κ2) is 14.2. The minimum absolute atomic E-state index is 0.172. The van der Waals surface area contributed by atoms with Crippen molar-refractivity contribution in [2.24, 2.45) is 4.99 Å². The molecule has 0 aliphatic rings. The zero-order chi connectivity index (χ0) is 33.6. The number of hydrogen-bond donors (Lipinski definition) is 4. The monoisotopic (exact) mass is 631 g/mol. The highest BCUT2D eigenvalue weighted by Gasteiger charge is 2.22. The van der Waals surface area contributed by atoms with Crippen molar-refractivity contribution in [3.8, 4) is 28.4 Å². The molecule has 0 aliphatic carbocycles. The number of hydrogen-bond acceptors (Lipinski definition) is 5. The van der Waals surface area contributed by atoms with Crippen molar-refractivity contribution in [2.45, 2.75) is 26.0 Å². The quantitative estimate of drug-likeness (QED) is 0.137. The van der Waals surface area contributed by atoms with Crippen LogP contribution in [0.4, 0.5) is 0 Å². The van der Waals surface area contributed by atoms with Gasteiger partial charge in [-0.3, -0.25) is 4.99 Å². The molecule has 4 N–H and O–H groups in total. The van der Waals surface area contributed by atoms with E-state index in [1.54, 1.807) is 18.3 Å². The van der Waals surface area contributed by atoms with Crippen LogP contribution in [0.2, 0.25) is 0 Å². The Morgan fingerprint density at radius 3 is 1.56 bits per heavy atom. The topological polar surface area (TPSA) is 93.3 Å². The highest BCUT2D eigenvalue weighted by atomic mass is 16.3. The fourth-order valence-corrected chi connectivity index (χ4v) is 6.13. The number of nitrogens with zero attached hydrogens (tertiary/aromatic N) is 1. The molecular weight excluding hydrogens is 594 g/mol. The number of rotatable bonds is 6. The highest BCUT2D eigenvalue weighted by Crippen LogP contribution is 2.44. The number of aliphatic imine (C=N–C) groups is 1. The third-order valence-electron chi connectivity index (χ3n) is 8.49. The molecule has 0 aliphatic heterocycles. The van der Waals surface area contributed by atoms with Crippen molar-refractivity contribution in [3.05, 3.63) is 173 Å². The predicted octanol–water partition coefficient (Wildman–Crippen LogP) is 9.97. The molecule has 0 spiro atoms. The smallest absolute Gasteiger partial charge is 0.127 e. The van der Waals surface area contributed by atoms with Crippen molar-refractivity contribution in [3.63, 3.8) is 0 Å². The van der Waals surface area contributed by atoms with E-state index in [2.05, 4.69) is 4.99 Å². The van der Waals surface area contributed by atoms with Crippen LogP contribution in [0.25, 0.3) is 32.7 Å². The largest absolute Gasteiger partial charge is 0.507 e. The standard InChI is InChI=1S/C23H23NO2.C20H14O2/c1-16-13-17(2)22(25)20(14-16)15-24-21(18-9-5-3-6-10-18)23(26)19-11-7-4-8-12-19;21-17-11-9-13-5-1-3-7-15(13)19(17)20-16-8-4-2-6-14(16)10-12-18(20)22/h3-15,21,23,25-26H,1-2H3;1-12,21-22H. The fourth-order valence-electron chi connectivity index (χ4n) is 6.13. The Hall–Kier alpha value is -5.91. The molecule has 48 heavy (non-hydrogen) atoms. The molecular formula is C43H37NO4. The van der Waals surface area contributed by atoms with Crippen LogP contribution in [0.3, 0.4) is 0 Å². The number of phenols is 3. The molecule has 7 rings (SSSR count). The van der Waals surface area contributed by atoms with Gasteiger partial charge in [0.15, 0.2) is 0 Å². The van der Waals surface area contributed by atoms with E-state index < -0.39 is 12.1 Å². The average molecular weight is 632 g/mol. The summed E-state index contributed by atoms with van der Waals surface area (Å²) in [6, 6.07) is 45.5. The Labute approximate surface area is 280 Å². The molecule has 2 unspecified atom stereocenters. The molecule has 0 amide bonds. The lowest BCUT2D eigenvalue weighted by Gasteiger charge is -2.20. The number of aliphatic hydroxyl groups excluding tert-OH is 1. The first-order valence-corrected chi connectivity index (χ1v) is 15.8. The Morgan fingerprint density at radius 1 is 0.542 bits per heavy atom. The van der Waals surface area contributed by atoms with Crippen molar-refractivity contribution in [1.82, 2.24) is 0 Å². The van der Waals surface area contributed by atoms with Gasteiger partial charge in [-0.1, -0.05) is 127 Å². The van der Waals surface area contributed by atoms with Gasteiger partial charge >= 0.3 is 0 Å². The van der Waals surface area contributed by atoms with Gasteiger partial charge in [-0.15, -0.1) is 0 Å². The summed E-state index contributed by atoms with van der Waals surface area (Å²) in [6.45, 7) is 3.85. The summed E-state index contributed by atoms with van der Waals surface area (Å²) in [5.74, 6) is 0.566. The molecule has 0 heterocycles. The Morgan fingerprint density at radius 2 is 1.02 bits per heavy atom. The second-order valence-electron chi connectivity index (χ2n) is 11.9. The SMILES string of the molecule is Cc1cc(C)c(O)c(C=NC(c2ccccc2)C(O)c2ccccc2)c1.Oc1ccc2ccccc2c1-c1c(O)ccc2ccccc12. The van der Waals surface area contributed by atoms with Crippen LogP contribution in [-0.2, 0) is 0 Å². The Balaban J connectivity index is 0.000000169. The van der Waals surface area contributed by atoms with Gasteiger partial charge in [0.25, 0.3) is 0 Å². The zero-order valence-electron chi connectivity index (χ0n) is 26.8. The molecule has 0 bridgehead atoms. The van der Waals surface area contributed by atoms with Crippen LogP contribution in [0.15, 0.2) is 151 Å². The highest BCUT2D eigenvalue weighted by molar-refractivity contribution is 6.09. The third kappa shape index (κ3) is 6.77. The third-order valence-corrected chi connectivity index (χ3v) is 8.49. The molecule has 2 atom stereocenters. The van der Waals surface area contributed by atoms with Crippen molar-refractivity contribution >= 4 is 27.8 Å². The molecule has 0 radical (unpaired) electrons. The average Bonchev–Trinajstić information content (AvgIpc) is 3.12. The maximum absolute atomic E-state index is 10.9. The van der Waals surface area contributed by atoms with Crippen molar-refractivity contribution < 1.29 is 20.4 Å². The number of aromatic hydroxyl groups is 3. The van der Waals surface area contributed by atoms with E-state index in [1.807, 2.05) is 147 Å². The molecule has 5 nitrogen and oxygen atoms in total. The van der Waals surface area contributed by atoms with E-state index >= 15 is 0 Å². The Bertz CT molecular complexity index is 2130. The zero-order valence-corrected chi connectivity index (χ0v) is 26.8. The molecule has 0 saturated carbocycles. The van der Waals surface area contributed by atoms with Gasteiger partial charge in [0.05, 0.1) is 0 Å². The summed E-state index contributed by atoms with van der Waals surface area (Å²) in [5.41, 5.74) is 5.60. The van der Waals surface area contributed by atoms with Crippen LogP contribution in [0.1, 0.15) is 40.0 Å². The first-order chi connectivity index (χ1) is 23.3. The van der Waals surface area contributed by atoms with Gasteiger partial charge in [0.2, 0.25) is 0 Å². The second-order valence-corrected chi connectivity index (χ2v) is 11.9. The van der Waals surface area contributed by atoms with E-state index in [-0.39, 0.29) is 17.2 Å². The van der Waals surface area contributed by atoms with E-state index in [0.29, 0.717) is 16.7 Å². The van der Waals surface area contributed by atoms with Gasteiger partial charge in [-0.05, 0) is 75.8 Å². The predicted molar refractivity (Wildman–Crippen MR) is 196 cm³/mol. The first kappa shape index (κ1) is 32.0. The summed E-state index contributed by atoms with van der Waals surface area (Å²) in [6.07, 6.45) is 0.877. The van der Waals surface area contributed by atoms with Crippen LogP contribution < -0.4 is 0 Å². The van der Waals surface area contributed by atoms with E-state index in [1.165, 1.54) is 0 Å². The minimum Gasteiger partial charge on any atom is -0.507 e. The van der Waals surface area contributed by atoms with Gasteiger partial charge in [0, 0.05) is 22.9 Å². The van der Waals surface area contributed by atoms with Gasteiger partial charge in [0.1, 0.15) is 29.4 Å². The lowest BCUT2D eigenvalue weighted by atomic mass is 9.92. The summed E-state index contributed by atoms with van der Waals surface area (Å²) in [4.78, 5) is 4.65. The van der Waals surface area contributed by atoms with Crippen molar-refractivity contribution in [1.29, 1.82) is 0 Å². The molecule has 5 heteroatoms. The molecule has 238 valence electrons. The Kier molecular flexibility index (Phi) is 9.51. The molecule has 0 saturated heterocycles. The lowest BCUT2D eigenvalue weighted by Crippen LogP contribution is -2.09. The van der Waals surface area contributed by atoms with E-state index in [9.17, 15) is 20.4 Å². The summed E-state index contributed by atoms with van der Waals surface area (Å²) >= 11 is 0. The van der Waals surface area contributed by atoms with Crippen LogP contribution in [0, 0.1) is 13.8 Å². The molecule has 7 aromatic rings. The minimum atomic E-state index is -0.775. The van der Waals surface area contributed by atoms with Crippen LogP contribution in [0.5, 0.6) is 17.2 Å². The normalized spacial score (nSPS) is 12.5. The fraction of sp³-hybridized carbons (Fsp3) is 0.0930. The van der Waals surface area contributed by atoms with Gasteiger partial charge in [-0.2, -0.15) is 0 Å². The number of benzene rings is 7. The number of phenolic OH excluding ortho intramolecular Hbond substituents is 3. The summed E-state index contributed by atoms with van der Waals surface area (Å²) in [7, 11) is 0. The number of aliphatic hydroxyl groups is 1.